The minimum Gasteiger partial charge on any atom is -0.0622 e. The molecule has 0 heteroatoms. The molecule has 2 rings (SSSR count). The van der Waals surface area contributed by atoms with Crippen molar-refractivity contribution in [3.05, 3.63) is 0 Å². The molecule has 112 valence electrons. The Morgan fingerprint density at radius 2 is 1.21 bits per heavy atom. The van der Waals surface area contributed by atoms with Gasteiger partial charge in [-0.25, -0.2) is 0 Å². The SMILES string of the molecule is CC1CCCC(C)C(C2C(C)(C)CCC2(C)C)C1C. The summed E-state index contributed by atoms with van der Waals surface area (Å²) in [6, 6.07) is 0. The van der Waals surface area contributed by atoms with Crippen molar-refractivity contribution in [1.82, 2.24) is 0 Å². The molecule has 4 unspecified atom stereocenters. The molecule has 0 aromatic rings. The third-order valence-corrected chi connectivity index (χ3v) is 6.96. The van der Waals surface area contributed by atoms with Gasteiger partial charge in [-0.15, -0.1) is 0 Å². The molecule has 2 aliphatic carbocycles. The lowest BCUT2D eigenvalue weighted by Gasteiger charge is -2.47. The van der Waals surface area contributed by atoms with Crippen LogP contribution >= 0.6 is 0 Å². The fourth-order valence-electron chi connectivity index (χ4n) is 5.80. The Labute approximate surface area is 121 Å². The average molecular weight is 264 g/mol. The summed E-state index contributed by atoms with van der Waals surface area (Å²) < 4.78 is 0. The second kappa shape index (κ2) is 5.08. The Bertz CT molecular complexity index is 296. The van der Waals surface area contributed by atoms with Gasteiger partial charge >= 0.3 is 0 Å². The fourth-order valence-corrected chi connectivity index (χ4v) is 5.80. The van der Waals surface area contributed by atoms with Gasteiger partial charge in [-0.3, -0.25) is 0 Å². The highest BCUT2D eigenvalue weighted by atomic mass is 14.6. The highest BCUT2D eigenvalue weighted by Crippen LogP contribution is 2.61. The zero-order valence-electron chi connectivity index (χ0n) is 14.4. The molecule has 0 nitrogen and oxygen atoms in total. The van der Waals surface area contributed by atoms with Gasteiger partial charge in [0.2, 0.25) is 0 Å². The van der Waals surface area contributed by atoms with E-state index in [0.717, 1.165) is 29.6 Å². The van der Waals surface area contributed by atoms with Crippen molar-refractivity contribution >= 4 is 0 Å². The van der Waals surface area contributed by atoms with E-state index in [4.69, 9.17) is 0 Å². The highest BCUT2D eigenvalue weighted by molar-refractivity contribution is 5.02. The Kier molecular flexibility index (Phi) is 4.11. The summed E-state index contributed by atoms with van der Waals surface area (Å²) in [5.74, 6) is 4.58. The maximum absolute atomic E-state index is 2.56. The molecule has 0 bridgehead atoms. The zero-order chi connectivity index (χ0) is 14.4. The Balaban J connectivity index is 2.35. The fraction of sp³-hybridized carbons (Fsp3) is 1.00. The van der Waals surface area contributed by atoms with Crippen LogP contribution < -0.4 is 0 Å². The van der Waals surface area contributed by atoms with E-state index in [0.29, 0.717) is 10.8 Å². The van der Waals surface area contributed by atoms with Crippen molar-refractivity contribution in [2.45, 2.75) is 80.6 Å². The first kappa shape index (κ1) is 15.4. The molecule has 4 atom stereocenters. The lowest BCUT2D eigenvalue weighted by Crippen LogP contribution is -2.41. The van der Waals surface area contributed by atoms with Crippen LogP contribution in [0.1, 0.15) is 80.6 Å². The van der Waals surface area contributed by atoms with E-state index < -0.39 is 0 Å². The second-order valence-electron chi connectivity index (χ2n) is 9.28. The number of hydrogen-bond acceptors (Lipinski definition) is 0. The van der Waals surface area contributed by atoms with Crippen molar-refractivity contribution < 1.29 is 0 Å². The molecule has 2 aliphatic rings. The summed E-state index contributed by atoms with van der Waals surface area (Å²) in [7, 11) is 0. The van der Waals surface area contributed by atoms with Crippen LogP contribution in [0.2, 0.25) is 0 Å². The lowest BCUT2D eigenvalue weighted by molar-refractivity contribution is 0.0132. The predicted molar refractivity (Wildman–Crippen MR) is 85.1 cm³/mol. The number of rotatable bonds is 1. The van der Waals surface area contributed by atoms with E-state index in [1.54, 1.807) is 0 Å². The van der Waals surface area contributed by atoms with Crippen LogP contribution in [0.5, 0.6) is 0 Å². The molecule has 19 heavy (non-hydrogen) atoms. The monoisotopic (exact) mass is 264 g/mol. The number of hydrogen-bond donors (Lipinski definition) is 0. The van der Waals surface area contributed by atoms with E-state index >= 15 is 0 Å². The van der Waals surface area contributed by atoms with Crippen LogP contribution in [-0.2, 0) is 0 Å². The van der Waals surface area contributed by atoms with Crippen molar-refractivity contribution in [3.8, 4) is 0 Å². The Morgan fingerprint density at radius 1 is 0.737 bits per heavy atom. The van der Waals surface area contributed by atoms with E-state index in [-0.39, 0.29) is 0 Å². The highest BCUT2D eigenvalue weighted by Gasteiger charge is 2.53. The molecule has 2 saturated carbocycles. The van der Waals surface area contributed by atoms with Gasteiger partial charge < -0.3 is 0 Å². The van der Waals surface area contributed by atoms with E-state index in [2.05, 4.69) is 48.5 Å². The smallest absolute Gasteiger partial charge is 0.0278 e. The molecule has 0 amide bonds. The molecule has 0 heterocycles. The third-order valence-electron chi connectivity index (χ3n) is 6.96. The maximum Gasteiger partial charge on any atom is -0.0278 e. The molecule has 0 aromatic heterocycles. The summed E-state index contributed by atoms with van der Waals surface area (Å²) in [6.07, 6.45) is 7.22. The van der Waals surface area contributed by atoms with Crippen LogP contribution in [0.3, 0.4) is 0 Å². The van der Waals surface area contributed by atoms with Gasteiger partial charge in [0, 0.05) is 0 Å². The molecule has 0 spiro atoms. The minimum absolute atomic E-state index is 0.542. The summed E-state index contributed by atoms with van der Waals surface area (Å²) in [4.78, 5) is 0. The largest absolute Gasteiger partial charge is 0.0622 e. The quantitative estimate of drug-likeness (QED) is 0.498. The third kappa shape index (κ3) is 2.74. The van der Waals surface area contributed by atoms with Gasteiger partial charge in [0.1, 0.15) is 0 Å². The maximum atomic E-state index is 2.56. The van der Waals surface area contributed by atoms with E-state index in [9.17, 15) is 0 Å². The van der Waals surface area contributed by atoms with Gasteiger partial charge in [0.25, 0.3) is 0 Å². The van der Waals surface area contributed by atoms with Crippen LogP contribution in [-0.4, -0.2) is 0 Å². The van der Waals surface area contributed by atoms with Crippen LogP contribution in [0.15, 0.2) is 0 Å². The molecule has 0 saturated heterocycles. The first-order chi connectivity index (χ1) is 8.67. The topological polar surface area (TPSA) is 0 Å². The normalized spacial score (nSPS) is 43.1. The van der Waals surface area contributed by atoms with Crippen molar-refractivity contribution in [2.75, 3.05) is 0 Å². The summed E-state index contributed by atoms with van der Waals surface area (Å²) in [5, 5.41) is 0. The first-order valence-electron chi connectivity index (χ1n) is 8.67. The molecule has 0 radical (unpaired) electrons. The Morgan fingerprint density at radius 3 is 1.74 bits per heavy atom. The summed E-state index contributed by atoms with van der Waals surface area (Å²) in [5.41, 5.74) is 1.08. The van der Waals surface area contributed by atoms with Crippen molar-refractivity contribution in [2.24, 2.45) is 40.4 Å². The molecule has 2 fully saturated rings. The second-order valence-corrected chi connectivity index (χ2v) is 9.28. The van der Waals surface area contributed by atoms with E-state index in [1.807, 2.05) is 0 Å². The molecule has 0 aromatic carbocycles. The molecule has 0 N–H and O–H groups in total. The van der Waals surface area contributed by atoms with Crippen LogP contribution in [0, 0.1) is 40.4 Å². The standard InChI is InChI=1S/C19H36/c1-13-9-8-10-14(2)16(15(13)3)17-18(4,5)11-12-19(17,6)7/h13-17H,8-12H2,1-7H3. The average Bonchev–Trinajstić information content (AvgIpc) is 2.43. The zero-order valence-corrected chi connectivity index (χ0v) is 14.4. The summed E-state index contributed by atoms with van der Waals surface area (Å²) >= 11 is 0. The lowest BCUT2D eigenvalue weighted by atomic mass is 9.58. The van der Waals surface area contributed by atoms with Crippen molar-refractivity contribution in [3.63, 3.8) is 0 Å². The van der Waals surface area contributed by atoms with Gasteiger partial charge in [-0.05, 0) is 53.3 Å². The summed E-state index contributed by atoms with van der Waals surface area (Å²) in [6.45, 7) is 17.8. The molecule has 0 aliphatic heterocycles. The Hall–Kier alpha value is 0. The van der Waals surface area contributed by atoms with Crippen molar-refractivity contribution in [1.29, 1.82) is 0 Å². The van der Waals surface area contributed by atoms with Crippen LogP contribution in [0.4, 0.5) is 0 Å². The predicted octanol–water partition coefficient (Wildman–Crippen LogP) is 6.16. The minimum atomic E-state index is 0.542. The molecular formula is C19H36. The van der Waals surface area contributed by atoms with Gasteiger partial charge in [-0.1, -0.05) is 67.7 Å². The van der Waals surface area contributed by atoms with Crippen LogP contribution in [0.25, 0.3) is 0 Å². The molecular weight excluding hydrogens is 228 g/mol. The van der Waals surface area contributed by atoms with E-state index in [1.165, 1.54) is 32.1 Å². The van der Waals surface area contributed by atoms with Gasteiger partial charge in [0.05, 0.1) is 0 Å². The van der Waals surface area contributed by atoms with Gasteiger partial charge in [0.15, 0.2) is 0 Å². The first-order valence-corrected chi connectivity index (χ1v) is 8.67. The van der Waals surface area contributed by atoms with Gasteiger partial charge in [-0.2, -0.15) is 0 Å².